The quantitative estimate of drug-likeness (QED) is 0.452. The molecular weight excluding hydrogens is 415 g/mol. The molecule has 140 valence electrons. The third-order valence-electron chi connectivity index (χ3n) is 4.35. The van der Waals surface area contributed by atoms with E-state index in [0.717, 1.165) is 17.1 Å². The Kier molecular flexibility index (Phi) is 5.04. The zero-order chi connectivity index (χ0) is 18.8. The van der Waals surface area contributed by atoms with Gasteiger partial charge in [0.25, 0.3) is 0 Å². The van der Waals surface area contributed by atoms with Gasteiger partial charge in [0.05, 0.1) is 22.8 Å². The van der Waals surface area contributed by atoms with Crippen LogP contribution in [0.4, 0.5) is 22.0 Å². The van der Waals surface area contributed by atoms with Gasteiger partial charge >= 0.3 is 0 Å². The first-order chi connectivity index (χ1) is 13.1. The molecule has 7 nitrogen and oxygen atoms in total. The van der Waals surface area contributed by atoms with E-state index >= 15 is 0 Å². The first-order valence-corrected chi connectivity index (χ1v) is 9.39. The molecule has 1 aliphatic carbocycles. The van der Waals surface area contributed by atoms with Crippen molar-refractivity contribution in [3.05, 3.63) is 58.1 Å². The number of halogens is 2. The molecule has 4 N–H and O–H groups in total. The third kappa shape index (κ3) is 4.25. The normalized spacial score (nSPS) is 14.8. The second kappa shape index (κ2) is 7.61. The number of aromatic amines is 1. The molecule has 3 aromatic rings. The number of hydrogen-bond acceptors (Lipinski definition) is 6. The molecule has 0 radical (unpaired) electrons. The van der Waals surface area contributed by atoms with E-state index in [1.165, 1.54) is 25.0 Å². The number of nitrogens with one attached hydrogen (secondary N) is 3. The van der Waals surface area contributed by atoms with Crippen molar-refractivity contribution >= 4 is 33.5 Å². The molecule has 2 heterocycles. The van der Waals surface area contributed by atoms with E-state index in [1.807, 2.05) is 6.07 Å². The number of H-pyrrole nitrogens is 1. The smallest absolute Gasteiger partial charge is 0.225 e. The molecule has 9 heteroatoms. The monoisotopic (exact) mass is 432 g/mol. The lowest BCUT2D eigenvalue weighted by Crippen LogP contribution is -2.17. The van der Waals surface area contributed by atoms with Crippen LogP contribution in [0.25, 0.3) is 0 Å². The minimum Gasteiger partial charge on any atom is -0.394 e. The minimum absolute atomic E-state index is 0.181. The summed E-state index contributed by atoms with van der Waals surface area (Å²) in [6, 6.07) is 7.47. The van der Waals surface area contributed by atoms with Crippen LogP contribution in [-0.2, 0) is 0 Å². The highest BCUT2D eigenvalue weighted by Gasteiger charge is 2.26. The zero-order valence-electron chi connectivity index (χ0n) is 14.3. The van der Waals surface area contributed by atoms with Crippen molar-refractivity contribution in [3.63, 3.8) is 0 Å². The summed E-state index contributed by atoms with van der Waals surface area (Å²) in [5.74, 6) is 1.88. The Morgan fingerprint density at radius 2 is 2.07 bits per heavy atom. The standard InChI is InChI=1S/C18H18BrFN6O/c19-13-8-21-18(22-15(9-27)11-3-5-12(20)6-4-11)24-17(13)23-16-7-14(25-26-16)10-1-2-10/h3-8,10,15,27H,1-2,9H2,(H3,21,22,23,24,25,26). The van der Waals surface area contributed by atoms with Gasteiger partial charge in [-0.05, 0) is 46.5 Å². The predicted molar refractivity (Wildman–Crippen MR) is 103 cm³/mol. The molecular formula is C18H18BrFN6O. The number of aliphatic hydroxyl groups excluding tert-OH is 1. The highest BCUT2D eigenvalue weighted by molar-refractivity contribution is 9.10. The summed E-state index contributed by atoms with van der Waals surface area (Å²) in [5.41, 5.74) is 1.79. The number of aliphatic hydroxyl groups is 1. The number of hydrogen-bond donors (Lipinski definition) is 4. The zero-order valence-corrected chi connectivity index (χ0v) is 15.9. The lowest BCUT2D eigenvalue weighted by atomic mass is 10.1. The third-order valence-corrected chi connectivity index (χ3v) is 4.93. The van der Waals surface area contributed by atoms with Crippen LogP contribution in [0.2, 0.25) is 0 Å². The average Bonchev–Trinajstić information content (AvgIpc) is 3.42. The molecule has 1 fully saturated rings. The molecule has 27 heavy (non-hydrogen) atoms. The van der Waals surface area contributed by atoms with E-state index in [1.54, 1.807) is 18.3 Å². The number of anilines is 3. The summed E-state index contributed by atoms with van der Waals surface area (Å²) >= 11 is 3.43. The van der Waals surface area contributed by atoms with Crippen molar-refractivity contribution in [2.45, 2.75) is 24.8 Å². The molecule has 1 atom stereocenters. The summed E-state index contributed by atoms with van der Waals surface area (Å²) in [4.78, 5) is 8.69. The molecule has 4 rings (SSSR count). The SMILES string of the molecule is OCC(Nc1ncc(Br)c(Nc2cc(C3CC3)n[nH]2)n1)c1ccc(F)cc1. The first kappa shape index (κ1) is 17.9. The van der Waals surface area contributed by atoms with Crippen LogP contribution in [0.5, 0.6) is 0 Å². The van der Waals surface area contributed by atoms with Crippen LogP contribution >= 0.6 is 15.9 Å². The molecule has 1 aliphatic rings. The van der Waals surface area contributed by atoms with Crippen molar-refractivity contribution in [1.82, 2.24) is 20.2 Å². The lowest BCUT2D eigenvalue weighted by molar-refractivity contribution is 0.276. The van der Waals surface area contributed by atoms with Gasteiger partial charge in [0, 0.05) is 18.2 Å². The second-order valence-electron chi connectivity index (χ2n) is 6.43. The van der Waals surface area contributed by atoms with Gasteiger partial charge in [0.1, 0.15) is 11.6 Å². The van der Waals surface area contributed by atoms with E-state index in [9.17, 15) is 9.50 Å². The maximum Gasteiger partial charge on any atom is 0.225 e. The van der Waals surface area contributed by atoms with E-state index in [2.05, 4.69) is 46.7 Å². The van der Waals surface area contributed by atoms with Crippen molar-refractivity contribution in [2.24, 2.45) is 0 Å². The van der Waals surface area contributed by atoms with Gasteiger partial charge in [0.2, 0.25) is 5.95 Å². The molecule has 1 aromatic carbocycles. The van der Waals surface area contributed by atoms with E-state index in [0.29, 0.717) is 22.2 Å². The van der Waals surface area contributed by atoms with Crippen molar-refractivity contribution in [1.29, 1.82) is 0 Å². The molecule has 0 saturated heterocycles. The molecule has 0 spiro atoms. The fourth-order valence-electron chi connectivity index (χ4n) is 2.73. The van der Waals surface area contributed by atoms with Crippen LogP contribution < -0.4 is 10.6 Å². The summed E-state index contributed by atoms with van der Waals surface area (Å²) in [7, 11) is 0. The Balaban J connectivity index is 1.51. The van der Waals surface area contributed by atoms with Crippen LogP contribution in [-0.4, -0.2) is 31.9 Å². The van der Waals surface area contributed by atoms with E-state index < -0.39 is 6.04 Å². The average molecular weight is 433 g/mol. The van der Waals surface area contributed by atoms with Gasteiger partial charge in [0.15, 0.2) is 5.82 Å². The fourth-order valence-corrected chi connectivity index (χ4v) is 3.02. The lowest BCUT2D eigenvalue weighted by Gasteiger charge is -2.17. The van der Waals surface area contributed by atoms with E-state index in [-0.39, 0.29) is 12.4 Å². The Bertz CT molecular complexity index is 928. The molecule has 0 aliphatic heterocycles. The Hall–Kier alpha value is -2.52. The first-order valence-electron chi connectivity index (χ1n) is 8.60. The summed E-state index contributed by atoms with van der Waals surface area (Å²) in [5, 5.41) is 23.2. The van der Waals surface area contributed by atoms with Crippen molar-refractivity contribution in [3.8, 4) is 0 Å². The minimum atomic E-state index is -0.451. The summed E-state index contributed by atoms with van der Waals surface area (Å²) in [6.07, 6.45) is 3.98. The Morgan fingerprint density at radius 1 is 1.30 bits per heavy atom. The van der Waals surface area contributed by atoms with Gasteiger partial charge in [-0.2, -0.15) is 10.1 Å². The molecule has 0 amide bonds. The fraction of sp³-hybridized carbons (Fsp3) is 0.278. The maximum atomic E-state index is 13.1. The van der Waals surface area contributed by atoms with Crippen LogP contribution in [0, 0.1) is 5.82 Å². The molecule has 0 bridgehead atoms. The predicted octanol–water partition coefficient (Wildman–Crippen LogP) is 3.87. The van der Waals surface area contributed by atoms with Crippen LogP contribution in [0.15, 0.2) is 41.0 Å². The number of aromatic nitrogens is 4. The highest BCUT2D eigenvalue weighted by Crippen LogP contribution is 2.39. The van der Waals surface area contributed by atoms with Gasteiger partial charge < -0.3 is 15.7 Å². The van der Waals surface area contributed by atoms with E-state index in [4.69, 9.17) is 0 Å². The van der Waals surface area contributed by atoms with Gasteiger partial charge in [-0.1, -0.05) is 12.1 Å². The molecule has 1 saturated carbocycles. The maximum absolute atomic E-state index is 13.1. The number of rotatable bonds is 7. The van der Waals surface area contributed by atoms with Gasteiger partial charge in [-0.3, -0.25) is 5.10 Å². The van der Waals surface area contributed by atoms with Gasteiger partial charge in [-0.15, -0.1) is 0 Å². The summed E-state index contributed by atoms with van der Waals surface area (Å²) < 4.78 is 13.8. The molecule has 2 aromatic heterocycles. The highest BCUT2D eigenvalue weighted by atomic mass is 79.9. The number of nitrogens with zero attached hydrogens (tertiary/aromatic N) is 3. The van der Waals surface area contributed by atoms with Crippen molar-refractivity contribution < 1.29 is 9.50 Å². The summed E-state index contributed by atoms with van der Waals surface area (Å²) in [6.45, 7) is -0.181. The molecule has 1 unspecified atom stereocenters. The largest absolute Gasteiger partial charge is 0.394 e. The Morgan fingerprint density at radius 3 is 2.78 bits per heavy atom. The topological polar surface area (TPSA) is 98.7 Å². The van der Waals surface area contributed by atoms with Crippen LogP contribution in [0.1, 0.15) is 36.1 Å². The Labute approximate surface area is 163 Å². The van der Waals surface area contributed by atoms with Gasteiger partial charge in [-0.25, -0.2) is 9.37 Å². The van der Waals surface area contributed by atoms with Crippen LogP contribution in [0.3, 0.4) is 0 Å². The second-order valence-corrected chi connectivity index (χ2v) is 7.28. The van der Waals surface area contributed by atoms with Crippen molar-refractivity contribution in [2.75, 3.05) is 17.2 Å². The number of benzene rings is 1.